The van der Waals surface area contributed by atoms with Crippen molar-refractivity contribution in [1.82, 2.24) is 9.13 Å². The molecule has 0 amide bonds. The van der Waals surface area contributed by atoms with Crippen LogP contribution in [0.15, 0.2) is 40.9 Å². The minimum Gasteiger partial charge on any atom is -0.492 e. The fourth-order valence-electron chi connectivity index (χ4n) is 4.83. The zero-order chi connectivity index (χ0) is 28.6. The summed E-state index contributed by atoms with van der Waals surface area (Å²) in [5.41, 5.74) is -0.437. The average Bonchev–Trinajstić information content (AvgIpc) is 3.30. The molecular weight excluding hydrogens is 574 g/mol. The van der Waals surface area contributed by atoms with Crippen molar-refractivity contribution in [3.63, 3.8) is 0 Å². The largest absolute Gasteiger partial charge is 0.492 e. The van der Waals surface area contributed by atoms with Crippen molar-refractivity contribution in [2.45, 2.75) is 52.7 Å². The molecule has 2 heterocycles. The lowest BCUT2D eigenvalue weighted by Gasteiger charge is -2.22. The molecule has 0 bridgehead atoms. The van der Waals surface area contributed by atoms with E-state index in [1.165, 1.54) is 52.6 Å². The smallest absolute Gasteiger partial charge is 0.419 e. The first-order chi connectivity index (χ1) is 18.1. The number of benzene rings is 3. The number of rotatable bonds is 1. The van der Waals surface area contributed by atoms with E-state index in [9.17, 15) is 18.4 Å². The van der Waals surface area contributed by atoms with E-state index in [1.807, 2.05) is 0 Å². The number of methoxy groups -OCH3 is 1. The predicted molar refractivity (Wildman–Crippen MR) is 150 cm³/mol. The number of hydrogen-bond donors (Lipinski definition) is 0. The van der Waals surface area contributed by atoms with Crippen molar-refractivity contribution in [3.05, 3.63) is 52.5 Å². The normalized spacial score (nSPS) is 12.6. The number of halogens is 3. The molecule has 0 aliphatic heterocycles. The summed E-state index contributed by atoms with van der Waals surface area (Å²) < 4.78 is 49.5. The Morgan fingerprint density at radius 2 is 1.13 bits per heavy atom. The molecule has 0 atom stereocenters. The van der Waals surface area contributed by atoms with Crippen molar-refractivity contribution < 1.29 is 32.6 Å². The summed E-state index contributed by atoms with van der Waals surface area (Å²) in [5, 5.41) is 1.68. The SMILES string of the molecule is COc1c2c(c(Br)c3c4cc(F)ccc4n(C(=O)OC(C)(C)C)c13)c1cc(F)ccc1n2C(=O)OC(C)(C)C. The molecule has 7 nitrogen and oxygen atoms in total. The highest BCUT2D eigenvalue weighted by molar-refractivity contribution is 9.10. The van der Waals surface area contributed by atoms with Crippen molar-refractivity contribution >= 4 is 71.7 Å². The molecule has 0 aliphatic carbocycles. The Balaban J connectivity index is 2.06. The number of carbonyl (C=O) groups excluding carboxylic acids is 2. The van der Waals surface area contributed by atoms with E-state index in [2.05, 4.69) is 15.9 Å². The van der Waals surface area contributed by atoms with Gasteiger partial charge in [-0.2, -0.15) is 0 Å². The molecule has 204 valence electrons. The van der Waals surface area contributed by atoms with Crippen LogP contribution in [0.25, 0.3) is 43.6 Å². The molecule has 0 saturated heterocycles. The van der Waals surface area contributed by atoms with E-state index in [4.69, 9.17) is 14.2 Å². The molecular formula is C29H27BrF2N2O5. The molecule has 39 heavy (non-hydrogen) atoms. The van der Waals surface area contributed by atoms with Crippen LogP contribution in [0.1, 0.15) is 41.5 Å². The third-order valence-corrected chi connectivity index (χ3v) is 6.88. The Bertz CT molecular complexity index is 1710. The Morgan fingerprint density at radius 3 is 1.46 bits per heavy atom. The predicted octanol–water partition coefficient (Wildman–Crippen LogP) is 8.52. The van der Waals surface area contributed by atoms with Gasteiger partial charge in [-0.05, 0) is 93.9 Å². The lowest BCUT2D eigenvalue weighted by Crippen LogP contribution is -2.27. The van der Waals surface area contributed by atoms with Crippen LogP contribution in [-0.2, 0) is 9.47 Å². The highest BCUT2D eigenvalue weighted by Crippen LogP contribution is 2.49. The molecule has 0 aliphatic rings. The van der Waals surface area contributed by atoms with Crippen LogP contribution in [-0.4, -0.2) is 39.6 Å². The fourth-order valence-corrected chi connectivity index (χ4v) is 5.63. The third kappa shape index (κ3) is 4.40. The first kappa shape index (κ1) is 26.9. The van der Waals surface area contributed by atoms with Gasteiger partial charge in [0.25, 0.3) is 0 Å². The van der Waals surface area contributed by atoms with Gasteiger partial charge < -0.3 is 14.2 Å². The van der Waals surface area contributed by atoms with Gasteiger partial charge >= 0.3 is 12.2 Å². The van der Waals surface area contributed by atoms with E-state index in [0.717, 1.165) is 0 Å². The minimum atomic E-state index is -0.836. The molecule has 0 N–H and O–H groups in total. The molecule has 5 rings (SSSR count). The zero-order valence-electron chi connectivity index (χ0n) is 22.5. The molecule has 0 spiro atoms. The summed E-state index contributed by atoms with van der Waals surface area (Å²) in [6.45, 7) is 10.4. The van der Waals surface area contributed by atoms with Crippen LogP contribution in [0.3, 0.4) is 0 Å². The van der Waals surface area contributed by atoms with Crippen LogP contribution >= 0.6 is 15.9 Å². The van der Waals surface area contributed by atoms with Crippen molar-refractivity contribution in [2.75, 3.05) is 7.11 Å². The molecule has 0 saturated carbocycles. The maximum Gasteiger partial charge on any atom is 0.419 e. The van der Waals surface area contributed by atoms with Crippen molar-refractivity contribution in [2.24, 2.45) is 0 Å². The second-order valence-corrected chi connectivity index (χ2v) is 12.0. The maximum atomic E-state index is 14.6. The Labute approximate surface area is 231 Å². The van der Waals surface area contributed by atoms with Crippen molar-refractivity contribution in [1.29, 1.82) is 0 Å². The van der Waals surface area contributed by atoms with Gasteiger partial charge in [0.1, 0.15) is 33.9 Å². The van der Waals surface area contributed by atoms with E-state index in [1.54, 1.807) is 41.5 Å². The number of carbonyl (C=O) groups is 2. The molecule has 0 unspecified atom stereocenters. The van der Waals surface area contributed by atoms with Crippen LogP contribution in [0.2, 0.25) is 0 Å². The highest BCUT2D eigenvalue weighted by atomic mass is 79.9. The molecule has 0 radical (unpaired) electrons. The summed E-state index contributed by atoms with van der Waals surface area (Å²) in [6.07, 6.45) is -1.44. The summed E-state index contributed by atoms with van der Waals surface area (Å²) in [6, 6.07) is 8.06. The Morgan fingerprint density at radius 1 is 0.744 bits per heavy atom. The van der Waals surface area contributed by atoms with Crippen LogP contribution < -0.4 is 4.74 Å². The first-order valence-electron chi connectivity index (χ1n) is 12.2. The number of ether oxygens (including phenoxy) is 3. The van der Waals surface area contributed by atoms with Crippen molar-refractivity contribution in [3.8, 4) is 5.75 Å². The molecule has 10 heteroatoms. The number of hydrogen-bond acceptors (Lipinski definition) is 5. The van der Waals surface area contributed by atoms with Gasteiger partial charge in [0.05, 0.1) is 18.1 Å². The van der Waals surface area contributed by atoms with Gasteiger partial charge in [-0.25, -0.2) is 27.5 Å². The van der Waals surface area contributed by atoms with Crippen LogP contribution in [0.4, 0.5) is 18.4 Å². The fraction of sp³-hybridized carbons (Fsp3) is 0.310. The Kier molecular flexibility index (Phi) is 6.17. The minimum absolute atomic E-state index is 0.133. The third-order valence-electron chi connectivity index (χ3n) is 6.08. The standard InChI is InChI=1S/C29H27BrF2N2O5/c1-28(2,3)38-26(35)33-18-10-8-14(31)12-16(18)20-22(30)21-17-13-15(32)9-11-19(17)34(27(36)39-29(4,5)6)24(21)25(37-7)23(20)33/h8-13H,1-7H3. The van der Waals surface area contributed by atoms with Crippen LogP contribution in [0, 0.1) is 11.6 Å². The van der Waals surface area contributed by atoms with E-state index >= 15 is 0 Å². The summed E-state index contributed by atoms with van der Waals surface area (Å²) >= 11 is 3.65. The van der Waals surface area contributed by atoms with E-state index in [0.29, 0.717) is 37.1 Å². The van der Waals surface area contributed by atoms with E-state index in [-0.39, 0.29) is 16.8 Å². The summed E-state index contributed by atoms with van der Waals surface area (Å²) in [5.74, 6) is -0.897. The van der Waals surface area contributed by atoms with Gasteiger partial charge in [-0.15, -0.1) is 0 Å². The lowest BCUT2D eigenvalue weighted by atomic mass is 10.1. The molecule has 5 aromatic rings. The first-order valence-corrected chi connectivity index (χ1v) is 13.0. The number of nitrogens with zero attached hydrogens (tertiary/aromatic N) is 2. The second kappa shape index (κ2) is 8.94. The molecule has 3 aromatic carbocycles. The zero-order valence-corrected chi connectivity index (χ0v) is 24.1. The average molecular weight is 601 g/mol. The molecule has 0 fully saturated rings. The van der Waals surface area contributed by atoms with Gasteiger partial charge in [-0.1, -0.05) is 0 Å². The number of aromatic nitrogens is 2. The van der Waals surface area contributed by atoms with Gasteiger partial charge in [0.15, 0.2) is 5.75 Å². The number of fused-ring (bicyclic) bond motifs is 6. The topological polar surface area (TPSA) is 71.7 Å². The monoisotopic (exact) mass is 600 g/mol. The maximum absolute atomic E-state index is 14.6. The van der Waals surface area contributed by atoms with Gasteiger partial charge in [0, 0.05) is 26.0 Å². The second-order valence-electron chi connectivity index (χ2n) is 11.2. The summed E-state index contributed by atoms with van der Waals surface area (Å²) in [4.78, 5) is 27.2. The van der Waals surface area contributed by atoms with Gasteiger partial charge in [-0.3, -0.25) is 0 Å². The van der Waals surface area contributed by atoms with E-state index < -0.39 is 35.0 Å². The Hall–Kier alpha value is -3.66. The van der Waals surface area contributed by atoms with Crippen LogP contribution in [0.5, 0.6) is 5.75 Å². The van der Waals surface area contributed by atoms with Gasteiger partial charge in [0.2, 0.25) is 0 Å². The quantitative estimate of drug-likeness (QED) is 0.193. The molecule has 2 aromatic heterocycles. The highest BCUT2D eigenvalue weighted by Gasteiger charge is 2.32. The lowest BCUT2D eigenvalue weighted by molar-refractivity contribution is 0.0541. The summed E-state index contributed by atoms with van der Waals surface area (Å²) in [7, 11) is 1.40.